The molecule has 86 valence electrons. The van der Waals surface area contributed by atoms with Gasteiger partial charge < -0.3 is 4.74 Å². The second-order valence-electron chi connectivity index (χ2n) is 3.46. The molecule has 0 amide bonds. The maximum atomic E-state index is 11.0. The number of hydrogen-bond donors (Lipinski definition) is 1. The van der Waals surface area contributed by atoms with Gasteiger partial charge in [-0.05, 0) is 24.8 Å². The molecule has 0 aromatic heterocycles. The van der Waals surface area contributed by atoms with E-state index in [0.717, 1.165) is 26.1 Å². The average Bonchev–Trinajstić information content (AvgIpc) is 2.25. The summed E-state index contributed by atoms with van der Waals surface area (Å²) in [6.07, 6.45) is 6.75. The van der Waals surface area contributed by atoms with Crippen LogP contribution in [0.25, 0.3) is 0 Å². The molecule has 15 heavy (non-hydrogen) atoms. The summed E-state index contributed by atoms with van der Waals surface area (Å²) >= 11 is -1.95. The Hall–Kier alpha value is -0.650. The van der Waals surface area contributed by atoms with E-state index in [1.807, 2.05) is 0 Å². The highest BCUT2D eigenvalue weighted by atomic mass is 32.2. The second kappa shape index (κ2) is 6.76. The van der Waals surface area contributed by atoms with E-state index in [0.29, 0.717) is 12.5 Å². The molecule has 0 aromatic carbocycles. The SMILES string of the molecule is C=C/C=C/N(CC1CCOCC1)S(=O)O. The predicted octanol–water partition coefficient (Wildman–Crippen LogP) is 1.55. The topological polar surface area (TPSA) is 49.8 Å². The second-order valence-corrected chi connectivity index (χ2v) is 4.39. The van der Waals surface area contributed by atoms with Gasteiger partial charge in [-0.25, -0.2) is 4.21 Å². The van der Waals surface area contributed by atoms with Gasteiger partial charge in [-0.15, -0.1) is 0 Å². The third-order valence-corrected chi connectivity index (χ3v) is 3.04. The van der Waals surface area contributed by atoms with Gasteiger partial charge in [0.05, 0.1) is 0 Å². The fraction of sp³-hybridized carbons (Fsp3) is 0.600. The quantitative estimate of drug-likeness (QED) is 0.577. The van der Waals surface area contributed by atoms with Crippen molar-refractivity contribution in [1.29, 1.82) is 0 Å². The molecule has 1 aliphatic rings. The van der Waals surface area contributed by atoms with E-state index in [1.165, 1.54) is 4.31 Å². The molecule has 5 heteroatoms. The summed E-state index contributed by atoms with van der Waals surface area (Å²) in [4.78, 5) is 0. The monoisotopic (exact) mass is 231 g/mol. The maximum absolute atomic E-state index is 11.0. The highest BCUT2D eigenvalue weighted by Crippen LogP contribution is 2.16. The lowest BCUT2D eigenvalue weighted by atomic mass is 10.0. The Labute approximate surface area is 93.0 Å². The number of allylic oxidation sites excluding steroid dienone is 2. The highest BCUT2D eigenvalue weighted by Gasteiger charge is 2.18. The molecular formula is C10H17NO3S. The van der Waals surface area contributed by atoms with Gasteiger partial charge in [0.2, 0.25) is 0 Å². The minimum absolute atomic E-state index is 0.435. The van der Waals surface area contributed by atoms with E-state index in [-0.39, 0.29) is 0 Å². The Bertz CT molecular complexity index is 249. The average molecular weight is 231 g/mol. The normalized spacial score (nSPS) is 20.3. The molecule has 1 aliphatic heterocycles. The largest absolute Gasteiger partial charge is 0.381 e. The minimum Gasteiger partial charge on any atom is -0.381 e. The first-order valence-electron chi connectivity index (χ1n) is 4.98. The third kappa shape index (κ3) is 4.59. The fourth-order valence-corrected chi connectivity index (χ4v) is 2.03. The lowest BCUT2D eigenvalue weighted by molar-refractivity contribution is 0.0629. The Kier molecular flexibility index (Phi) is 5.60. The summed E-state index contributed by atoms with van der Waals surface area (Å²) in [5.41, 5.74) is 0. The van der Waals surface area contributed by atoms with Crippen LogP contribution < -0.4 is 0 Å². The summed E-state index contributed by atoms with van der Waals surface area (Å²) in [6.45, 7) is 5.62. The van der Waals surface area contributed by atoms with E-state index in [1.54, 1.807) is 18.4 Å². The summed E-state index contributed by atoms with van der Waals surface area (Å²) < 4.78 is 26.7. The molecule has 1 atom stereocenters. The van der Waals surface area contributed by atoms with Crippen LogP contribution in [-0.4, -0.2) is 32.8 Å². The summed E-state index contributed by atoms with van der Waals surface area (Å²) in [5, 5.41) is 0. The van der Waals surface area contributed by atoms with Crippen molar-refractivity contribution in [2.24, 2.45) is 5.92 Å². The van der Waals surface area contributed by atoms with E-state index in [9.17, 15) is 4.21 Å². The molecule has 1 saturated heterocycles. The van der Waals surface area contributed by atoms with Crippen LogP contribution in [0.2, 0.25) is 0 Å². The lowest BCUT2D eigenvalue weighted by Gasteiger charge is -2.26. The molecule has 4 nitrogen and oxygen atoms in total. The zero-order chi connectivity index (χ0) is 11.1. The third-order valence-electron chi connectivity index (χ3n) is 2.37. The minimum atomic E-state index is -1.95. The molecule has 1 heterocycles. The molecule has 0 aliphatic carbocycles. The van der Waals surface area contributed by atoms with Gasteiger partial charge in [0, 0.05) is 26.0 Å². The first-order chi connectivity index (χ1) is 7.24. The van der Waals surface area contributed by atoms with Gasteiger partial charge in [-0.1, -0.05) is 12.7 Å². The van der Waals surface area contributed by atoms with Crippen LogP contribution in [0.5, 0.6) is 0 Å². The van der Waals surface area contributed by atoms with Crippen LogP contribution in [0.15, 0.2) is 24.9 Å². The van der Waals surface area contributed by atoms with Gasteiger partial charge in [0.25, 0.3) is 11.3 Å². The van der Waals surface area contributed by atoms with Crippen LogP contribution in [0.4, 0.5) is 0 Å². The van der Waals surface area contributed by atoms with Gasteiger partial charge >= 0.3 is 0 Å². The van der Waals surface area contributed by atoms with Gasteiger partial charge in [0.15, 0.2) is 0 Å². The molecule has 1 rings (SSSR count). The molecule has 1 unspecified atom stereocenters. The van der Waals surface area contributed by atoms with Crippen molar-refractivity contribution in [2.45, 2.75) is 12.8 Å². The summed E-state index contributed by atoms with van der Waals surface area (Å²) in [6, 6.07) is 0. The van der Waals surface area contributed by atoms with E-state index >= 15 is 0 Å². The Morgan fingerprint density at radius 3 is 2.73 bits per heavy atom. The first-order valence-corrected chi connectivity index (χ1v) is 6.05. The van der Waals surface area contributed by atoms with Gasteiger partial charge in [-0.3, -0.25) is 8.86 Å². The van der Waals surface area contributed by atoms with Crippen molar-refractivity contribution in [2.75, 3.05) is 19.8 Å². The van der Waals surface area contributed by atoms with Crippen LogP contribution in [0.3, 0.4) is 0 Å². The first kappa shape index (κ1) is 12.4. The van der Waals surface area contributed by atoms with E-state index in [4.69, 9.17) is 9.29 Å². The number of ether oxygens (including phenoxy) is 1. The van der Waals surface area contributed by atoms with Gasteiger partial charge in [0.1, 0.15) is 0 Å². The number of nitrogens with zero attached hydrogens (tertiary/aromatic N) is 1. The smallest absolute Gasteiger partial charge is 0.261 e. The predicted molar refractivity (Wildman–Crippen MR) is 60.4 cm³/mol. The van der Waals surface area contributed by atoms with Crippen molar-refractivity contribution in [1.82, 2.24) is 4.31 Å². The van der Waals surface area contributed by atoms with Crippen molar-refractivity contribution in [3.8, 4) is 0 Å². The zero-order valence-electron chi connectivity index (χ0n) is 8.67. The summed E-state index contributed by atoms with van der Waals surface area (Å²) in [5.74, 6) is 0.435. The van der Waals surface area contributed by atoms with E-state index in [2.05, 4.69) is 6.58 Å². The number of rotatable bonds is 5. The molecule has 0 saturated carbocycles. The van der Waals surface area contributed by atoms with Crippen LogP contribution in [0.1, 0.15) is 12.8 Å². The standard InChI is InChI=1S/C10H17NO3S/c1-2-3-6-11(15(12)13)9-10-4-7-14-8-5-10/h2-3,6,10H,1,4-5,7-9H2,(H,12,13)/b6-3+. The van der Waals surface area contributed by atoms with Crippen LogP contribution in [-0.2, 0) is 16.0 Å². The van der Waals surface area contributed by atoms with Crippen LogP contribution >= 0.6 is 0 Å². The molecule has 0 spiro atoms. The van der Waals surface area contributed by atoms with Crippen molar-refractivity contribution in [3.63, 3.8) is 0 Å². The lowest BCUT2D eigenvalue weighted by Crippen LogP contribution is -2.30. The number of hydrogen-bond acceptors (Lipinski definition) is 2. The highest BCUT2D eigenvalue weighted by molar-refractivity contribution is 7.76. The Morgan fingerprint density at radius 2 is 2.20 bits per heavy atom. The molecule has 0 radical (unpaired) electrons. The van der Waals surface area contributed by atoms with Crippen molar-refractivity contribution >= 4 is 11.3 Å². The zero-order valence-corrected chi connectivity index (χ0v) is 9.49. The Morgan fingerprint density at radius 1 is 1.53 bits per heavy atom. The van der Waals surface area contributed by atoms with Crippen molar-refractivity contribution in [3.05, 3.63) is 24.9 Å². The molecule has 1 N–H and O–H groups in total. The molecule has 1 fully saturated rings. The fourth-order valence-electron chi connectivity index (χ4n) is 1.52. The van der Waals surface area contributed by atoms with Gasteiger partial charge in [-0.2, -0.15) is 0 Å². The Balaban J connectivity index is 2.45. The molecule has 0 aromatic rings. The van der Waals surface area contributed by atoms with Crippen LogP contribution in [0, 0.1) is 5.92 Å². The van der Waals surface area contributed by atoms with E-state index < -0.39 is 11.3 Å². The maximum Gasteiger partial charge on any atom is 0.261 e. The van der Waals surface area contributed by atoms with Crippen molar-refractivity contribution < 1.29 is 13.5 Å². The molecule has 0 bridgehead atoms. The molecular weight excluding hydrogens is 214 g/mol. The summed E-state index contributed by atoms with van der Waals surface area (Å²) in [7, 11) is 0.